The van der Waals surface area contributed by atoms with Gasteiger partial charge in [-0.2, -0.15) is 0 Å². The van der Waals surface area contributed by atoms with Gasteiger partial charge >= 0.3 is 6.09 Å². The van der Waals surface area contributed by atoms with E-state index >= 15 is 0 Å². The Kier molecular flexibility index (Phi) is 2.87. The SMILES string of the molecule is CC1(COCC2CC2)CCN(C(=O)O)C1. The molecule has 0 bridgehead atoms. The Bertz CT molecular complexity index is 252. The van der Waals surface area contributed by atoms with Gasteiger partial charge in [-0.15, -0.1) is 0 Å². The second-order valence-electron chi connectivity index (χ2n) is 5.22. The maximum atomic E-state index is 10.8. The maximum Gasteiger partial charge on any atom is 0.407 e. The van der Waals surface area contributed by atoms with Crippen LogP contribution in [0.4, 0.5) is 4.79 Å². The molecule has 0 spiro atoms. The number of nitrogens with zero attached hydrogens (tertiary/aromatic N) is 1. The summed E-state index contributed by atoms with van der Waals surface area (Å²) in [6, 6.07) is 0. The summed E-state index contributed by atoms with van der Waals surface area (Å²) in [6.07, 6.45) is 2.72. The van der Waals surface area contributed by atoms with Crippen molar-refractivity contribution in [2.45, 2.75) is 26.2 Å². The zero-order chi connectivity index (χ0) is 10.9. The summed E-state index contributed by atoms with van der Waals surface area (Å²) in [5.74, 6) is 0.783. The molecule has 1 aliphatic carbocycles. The number of amides is 1. The van der Waals surface area contributed by atoms with Crippen LogP contribution < -0.4 is 0 Å². The van der Waals surface area contributed by atoms with Crippen LogP contribution in [0.2, 0.25) is 0 Å². The van der Waals surface area contributed by atoms with Crippen LogP contribution in [0.5, 0.6) is 0 Å². The van der Waals surface area contributed by atoms with Gasteiger partial charge in [0.05, 0.1) is 6.61 Å². The molecule has 2 rings (SSSR count). The number of hydrogen-bond donors (Lipinski definition) is 1. The van der Waals surface area contributed by atoms with E-state index in [0.717, 1.165) is 18.9 Å². The second-order valence-corrected chi connectivity index (χ2v) is 5.22. The Balaban J connectivity index is 1.72. The molecule has 1 amide bonds. The number of carboxylic acid groups (broad SMARTS) is 1. The maximum absolute atomic E-state index is 10.8. The third-order valence-corrected chi connectivity index (χ3v) is 3.33. The Morgan fingerprint density at radius 2 is 2.33 bits per heavy atom. The van der Waals surface area contributed by atoms with Gasteiger partial charge < -0.3 is 14.7 Å². The molecule has 86 valence electrons. The molecule has 0 aromatic rings. The van der Waals surface area contributed by atoms with E-state index in [-0.39, 0.29) is 5.41 Å². The van der Waals surface area contributed by atoms with Gasteiger partial charge in [0.25, 0.3) is 0 Å². The van der Waals surface area contributed by atoms with Gasteiger partial charge in [-0.1, -0.05) is 6.92 Å². The number of carbonyl (C=O) groups is 1. The number of rotatable bonds is 4. The zero-order valence-corrected chi connectivity index (χ0v) is 9.24. The molecule has 0 aromatic heterocycles. The van der Waals surface area contributed by atoms with E-state index in [0.29, 0.717) is 19.7 Å². The fourth-order valence-corrected chi connectivity index (χ4v) is 2.06. The van der Waals surface area contributed by atoms with Gasteiger partial charge in [-0.3, -0.25) is 0 Å². The van der Waals surface area contributed by atoms with E-state index in [2.05, 4.69) is 6.92 Å². The molecule has 1 saturated carbocycles. The molecule has 1 saturated heterocycles. The lowest BCUT2D eigenvalue weighted by atomic mass is 9.91. The van der Waals surface area contributed by atoms with Crippen molar-refractivity contribution in [2.75, 3.05) is 26.3 Å². The van der Waals surface area contributed by atoms with Crippen LogP contribution >= 0.6 is 0 Å². The average Bonchev–Trinajstić information content (AvgIpc) is 2.89. The first kappa shape index (κ1) is 10.7. The standard InChI is InChI=1S/C11H19NO3/c1-11(8-15-6-9-2-3-9)4-5-12(7-11)10(13)14/h9H,2-8H2,1H3,(H,13,14). The fraction of sp³-hybridized carbons (Fsp3) is 0.909. The third-order valence-electron chi connectivity index (χ3n) is 3.33. The van der Waals surface area contributed by atoms with Crippen molar-refractivity contribution in [1.82, 2.24) is 4.90 Å². The van der Waals surface area contributed by atoms with Crippen LogP contribution in [-0.4, -0.2) is 42.4 Å². The molecule has 2 fully saturated rings. The Morgan fingerprint density at radius 3 is 2.87 bits per heavy atom. The molecule has 1 N–H and O–H groups in total. The Morgan fingerprint density at radius 1 is 1.60 bits per heavy atom. The lowest BCUT2D eigenvalue weighted by Gasteiger charge is -2.23. The summed E-state index contributed by atoms with van der Waals surface area (Å²) in [4.78, 5) is 12.3. The predicted molar refractivity (Wildman–Crippen MR) is 55.9 cm³/mol. The third kappa shape index (κ3) is 2.84. The summed E-state index contributed by atoms with van der Waals surface area (Å²) in [5, 5.41) is 8.85. The number of likely N-dealkylation sites (tertiary alicyclic amines) is 1. The van der Waals surface area contributed by atoms with E-state index in [1.165, 1.54) is 17.7 Å². The first-order chi connectivity index (χ1) is 7.09. The van der Waals surface area contributed by atoms with E-state index in [4.69, 9.17) is 9.84 Å². The Hall–Kier alpha value is -0.770. The lowest BCUT2D eigenvalue weighted by Crippen LogP contribution is -2.32. The summed E-state index contributed by atoms with van der Waals surface area (Å²) in [7, 11) is 0. The minimum Gasteiger partial charge on any atom is -0.465 e. The van der Waals surface area contributed by atoms with Crippen molar-refractivity contribution in [3.63, 3.8) is 0 Å². The minimum atomic E-state index is -0.805. The highest BCUT2D eigenvalue weighted by Crippen LogP contribution is 2.32. The van der Waals surface area contributed by atoms with Crippen LogP contribution in [0.3, 0.4) is 0 Å². The van der Waals surface area contributed by atoms with E-state index in [1.54, 1.807) is 0 Å². The second kappa shape index (κ2) is 4.00. The molecule has 1 aliphatic heterocycles. The van der Waals surface area contributed by atoms with Gasteiger partial charge in [0.1, 0.15) is 0 Å². The first-order valence-corrected chi connectivity index (χ1v) is 5.65. The highest BCUT2D eigenvalue weighted by atomic mass is 16.5. The summed E-state index contributed by atoms with van der Waals surface area (Å²) < 4.78 is 5.65. The van der Waals surface area contributed by atoms with Crippen LogP contribution in [0.25, 0.3) is 0 Å². The van der Waals surface area contributed by atoms with Crippen molar-refractivity contribution >= 4 is 6.09 Å². The van der Waals surface area contributed by atoms with Gasteiger partial charge in [0.2, 0.25) is 0 Å². The summed E-state index contributed by atoms with van der Waals surface area (Å²) in [5.41, 5.74) is 0.0350. The van der Waals surface area contributed by atoms with Crippen molar-refractivity contribution in [3.8, 4) is 0 Å². The van der Waals surface area contributed by atoms with Crippen molar-refractivity contribution in [1.29, 1.82) is 0 Å². The molecular weight excluding hydrogens is 194 g/mol. The van der Waals surface area contributed by atoms with Crippen molar-refractivity contribution in [3.05, 3.63) is 0 Å². The van der Waals surface area contributed by atoms with Gasteiger partial charge in [0, 0.05) is 25.1 Å². The van der Waals surface area contributed by atoms with E-state index in [9.17, 15) is 4.79 Å². The Labute approximate surface area is 90.2 Å². The van der Waals surface area contributed by atoms with Gasteiger partial charge in [0.15, 0.2) is 0 Å². The van der Waals surface area contributed by atoms with E-state index < -0.39 is 6.09 Å². The van der Waals surface area contributed by atoms with Crippen LogP contribution in [0.1, 0.15) is 26.2 Å². The topological polar surface area (TPSA) is 49.8 Å². The van der Waals surface area contributed by atoms with Crippen LogP contribution in [-0.2, 0) is 4.74 Å². The molecule has 2 aliphatic rings. The molecule has 1 atom stereocenters. The quantitative estimate of drug-likeness (QED) is 0.774. The fourth-order valence-electron chi connectivity index (χ4n) is 2.06. The first-order valence-electron chi connectivity index (χ1n) is 5.65. The van der Waals surface area contributed by atoms with E-state index in [1.807, 2.05) is 0 Å². The van der Waals surface area contributed by atoms with Crippen LogP contribution in [0, 0.1) is 11.3 Å². The molecule has 1 heterocycles. The monoisotopic (exact) mass is 213 g/mol. The minimum absolute atomic E-state index is 0.0350. The predicted octanol–water partition coefficient (Wildman–Crippen LogP) is 1.80. The van der Waals surface area contributed by atoms with Gasteiger partial charge in [-0.25, -0.2) is 4.79 Å². The summed E-state index contributed by atoms with van der Waals surface area (Å²) in [6.45, 7) is 4.95. The zero-order valence-electron chi connectivity index (χ0n) is 9.24. The average molecular weight is 213 g/mol. The molecule has 4 heteroatoms. The largest absolute Gasteiger partial charge is 0.465 e. The highest BCUT2D eigenvalue weighted by molar-refractivity contribution is 5.65. The number of ether oxygens (including phenoxy) is 1. The lowest BCUT2D eigenvalue weighted by molar-refractivity contribution is 0.0508. The molecule has 0 aromatic carbocycles. The molecule has 15 heavy (non-hydrogen) atoms. The normalized spacial score (nSPS) is 30.9. The molecule has 1 unspecified atom stereocenters. The van der Waals surface area contributed by atoms with Crippen molar-refractivity contribution in [2.24, 2.45) is 11.3 Å². The molecule has 0 radical (unpaired) electrons. The highest BCUT2D eigenvalue weighted by Gasteiger charge is 2.36. The van der Waals surface area contributed by atoms with Crippen LogP contribution in [0.15, 0.2) is 0 Å². The smallest absolute Gasteiger partial charge is 0.407 e. The molecule has 4 nitrogen and oxygen atoms in total. The number of hydrogen-bond acceptors (Lipinski definition) is 2. The van der Waals surface area contributed by atoms with Gasteiger partial charge in [-0.05, 0) is 25.2 Å². The summed E-state index contributed by atoms with van der Waals surface area (Å²) >= 11 is 0. The molecular formula is C11H19NO3. The van der Waals surface area contributed by atoms with Crippen molar-refractivity contribution < 1.29 is 14.6 Å².